The number of piperidine rings is 1. The standard InChI is InChI=1S/C26H36F2N4O5S2/c1-18-15-31(16-19(2)37-18)17-26(28)10-12-32(13-11-26)25-21(6-5-7-23(25)27)22-14-20(38(29,33)34)8-9-24(22)39(35,36)30(3)4/h5-9,14,18-19H,10-13,15-17H2,1-4H3,(H2,29,33,34)/t18-,19+. The molecule has 2 atom stereocenters. The van der Waals surface area contributed by atoms with Crippen LogP contribution in [-0.2, 0) is 24.8 Å². The normalized spacial score (nSPS) is 22.8. The molecule has 0 aromatic heterocycles. The molecule has 2 aliphatic heterocycles. The lowest BCUT2D eigenvalue weighted by Gasteiger charge is -2.43. The van der Waals surface area contributed by atoms with Gasteiger partial charge in [-0.25, -0.2) is 35.1 Å². The van der Waals surface area contributed by atoms with E-state index in [1.165, 1.54) is 32.3 Å². The minimum atomic E-state index is -4.18. The fraction of sp³-hybridized carbons (Fsp3) is 0.538. The maximum absolute atomic E-state index is 15.9. The minimum absolute atomic E-state index is 0.00176. The van der Waals surface area contributed by atoms with Crippen LogP contribution < -0.4 is 10.0 Å². The number of halogens is 2. The van der Waals surface area contributed by atoms with Gasteiger partial charge in [-0.2, -0.15) is 0 Å². The molecule has 2 N–H and O–H groups in total. The quantitative estimate of drug-likeness (QED) is 0.531. The Balaban J connectivity index is 1.70. The van der Waals surface area contributed by atoms with Crippen LogP contribution in [0.4, 0.5) is 14.5 Å². The highest BCUT2D eigenvalue weighted by atomic mass is 32.2. The van der Waals surface area contributed by atoms with E-state index in [9.17, 15) is 16.8 Å². The molecule has 2 aromatic carbocycles. The van der Waals surface area contributed by atoms with Crippen molar-refractivity contribution in [2.24, 2.45) is 5.14 Å². The summed E-state index contributed by atoms with van der Waals surface area (Å²) in [6, 6.07) is 7.62. The Morgan fingerprint density at radius 3 is 2.21 bits per heavy atom. The first kappa shape index (κ1) is 29.8. The number of alkyl halides is 1. The predicted molar refractivity (Wildman–Crippen MR) is 146 cm³/mol. The molecule has 4 rings (SSSR count). The van der Waals surface area contributed by atoms with E-state index in [4.69, 9.17) is 9.88 Å². The Hall–Kier alpha value is -2.16. The zero-order chi connectivity index (χ0) is 28.8. The third kappa shape index (κ3) is 6.44. The summed E-state index contributed by atoms with van der Waals surface area (Å²) in [5.74, 6) is -0.621. The molecule has 13 heteroatoms. The summed E-state index contributed by atoms with van der Waals surface area (Å²) in [6.45, 7) is 5.86. The van der Waals surface area contributed by atoms with Crippen molar-refractivity contribution in [3.05, 3.63) is 42.2 Å². The molecule has 0 amide bonds. The van der Waals surface area contributed by atoms with Gasteiger partial charge in [-0.1, -0.05) is 12.1 Å². The van der Waals surface area contributed by atoms with Gasteiger partial charge in [0.15, 0.2) is 0 Å². The van der Waals surface area contributed by atoms with Crippen molar-refractivity contribution in [3.63, 3.8) is 0 Å². The van der Waals surface area contributed by atoms with Gasteiger partial charge in [0, 0.05) is 70.8 Å². The molecule has 0 aliphatic carbocycles. The zero-order valence-corrected chi connectivity index (χ0v) is 24.2. The highest BCUT2D eigenvalue weighted by Gasteiger charge is 2.39. The number of para-hydroxylation sites is 1. The summed E-state index contributed by atoms with van der Waals surface area (Å²) in [5, 5.41) is 5.33. The molecule has 2 aliphatic rings. The minimum Gasteiger partial charge on any atom is -0.373 e. The highest BCUT2D eigenvalue weighted by molar-refractivity contribution is 7.89. The van der Waals surface area contributed by atoms with Gasteiger partial charge < -0.3 is 9.64 Å². The molecule has 0 bridgehead atoms. The fourth-order valence-corrected chi connectivity index (χ4v) is 7.10. The number of benzene rings is 2. The van der Waals surface area contributed by atoms with Crippen molar-refractivity contribution in [2.75, 3.05) is 51.7 Å². The molecular weight excluding hydrogens is 550 g/mol. The number of primary sulfonamides is 1. The van der Waals surface area contributed by atoms with Crippen molar-refractivity contribution >= 4 is 25.7 Å². The Kier molecular flexibility index (Phi) is 8.42. The number of rotatable bonds is 7. The summed E-state index contributed by atoms with van der Waals surface area (Å²) in [5.41, 5.74) is -1.19. The average Bonchev–Trinajstić information content (AvgIpc) is 2.83. The Bertz CT molecular complexity index is 1420. The number of hydrogen-bond acceptors (Lipinski definition) is 7. The number of sulfonamides is 2. The van der Waals surface area contributed by atoms with Crippen molar-refractivity contribution in [1.29, 1.82) is 0 Å². The van der Waals surface area contributed by atoms with Crippen LogP contribution in [0.1, 0.15) is 26.7 Å². The maximum atomic E-state index is 15.9. The van der Waals surface area contributed by atoms with Gasteiger partial charge in [0.2, 0.25) is 20.0 Å². The molecule has 9 nitrogen and oxygen atoms in total. The summed E-state index contributed by atoms with van der Waals surface area (Å²) in [6.07, 6.45) is 0.334. The third-order valence-electron chi connectivity index (χ3n) is 7.29. The van der Waals surface area contributed by atoms with Crippen LogP contribution in [0.25, 0.3) is 11.1 Å². The Morgan fingerprint density at radius 1 is 1.03 bits per heavy atom. The first-order valence-corrected chi connectivity index (χ1v) is 15.8. The molecule has 2 saturated heterocycles. The number of ether oxygens (including phenoxy) is 1. The predicted octanol–water partition coefficient (Wildman–Crippen LogP) is 2.81. The molecule has 0 radical (unpaired) electrons. The van der Waals surface area contributed by atoms with Gasteiger partial charge in [0.25, 0.3) is 0 Å². The van der Waals surface area contributed by atoms with E-state index in [1.54, 1.807) is 4.90 Å². The van der Waals surface area contributed by atoms with E-state index in [0.29, 0.717) is 13.1 Å². The van der Waals surface area contributed by atoms with E-state index in [2.05, 4.69) is 4.90 Å². The van der Waals surface area contributed by atoms with Crippen LogP contribution >= 0.6 is 0 Å². The van der Waals surface area contributed by atoms with E-state index in [0.717, 1.165) is 22.5 Å². The van der Waals surface area contributed by atoms with Gasteiger partial charge in [-0.15, -0.1) is 0 Å². The summed E-state index contributed by atoms with van der Waals surface area (Å²) < 4.78 is 88.7. The second kappa shape index (κ2) is 11.0. The molecule has 2 heterocycles. The highest BCUT2D eigenvalue weighted by Crippen LogP contribution is 2.41. The Labute approximate surface area is 229 Å². The number of morpholine rings is 1. The molecule has 2 fully saturated rings. The van der Waals surface area contributed by atoms with Crippen LogP contribution in [0, 0.1) is 5.82 Å². The monoisotopic (exact) mass is 586 g/mol. The molecule has 216 valence electrons. The fourth-order valence-electron chi connectivity index (χ4n) is 5.48. The van der Waals surface area contributed by atoms with Crippen LogP contribution in [-0.4, -0.2) is 90.7 Å². The van der Waals surface area contributed by atoms with Crippen molar-refractivity contribution in [1.82, 2.24) is 9.21 Å². The molecule has 0 unspecified atom stereocenters. The Morgan fingerprint density at radius 2 is 1.64 bits per heavy atom. The molecule has 39 heavy (non-hydrogen) atoms. The number of anilines is 1. The van der Waals surface area contributed by atoms with Crippen LogP contribution in [0.2, 0.25) is 0 Å². The van der Waals surface area contributed by atoms with Crippen LogP contribution in [0.3, 0.4) is 0 Å². The van der Waals surface area contributed by atoms with Gasteiger partial charge in [-0.05, 0) is 38.1 Å². The second-order valence-corrected chi connectivity index (χ2v) is 14.4. The van der Waals surface area contributed by atoms with E-state index in [-0.39, 0.29) is 71.3 Å². The lowest BCUT2D eigenvalue weighted by atomic mass is 9.91. The molecule has 0 spiro atoms. The first-order chi connectivity index (χ1) is 18.1. The van der Waals surface area contributed by atoms with Crippen LogP contribution in [0.5, 0.6) is 0 Å². The van der Waals surface area contributed by atoms with E-state index >= 15 is 8.78 Å². The SMILES string of the molecule is C[C@@H]1CN(CC2(F)CCN(c3c(F)cccc3-c3cc(S(N)(=O)=O)ccc3S(=O)(=O)N(C)C)CC2)C[C@H](C)O1. The lowest BCUT2D eigenvalue weighted by molar-refractivity contribution is -0.0825. The number of nitrogens with zero attached hydrogens (tertiary/aromatic N) is 3. The summed E-state index contributed by atoms with van der Waals surface area (Å²) in [4.78, 5) is 3.27. The topological polar surface area (TPSA) is 113 Å². The average molecular weight is 587 g/mol. The van der Waals surface area contributed by atoms with Gasteiger partial charge in [-0.3, -0.25) is 4.90 Å². The number of nitrogens with two attached hydrogens (primary N) is 1. The molecular formula is C26H36F2N4O5S2. The number of hydrogen-bond donors (Lipinski definition) is 1. The smallest absolute Gasteiger partial charge is 0.243 e. The van der Waals surface area contributed by atoms with E-state index < -0.39 is 31.5 Å². The summed E-state index contributed by atoms with van der Waals surface area (Å²) in [7, 11) is -5.53. The second-order valence-electron chi connectivity index (χ2n) is 10.7. The molecule has 2 aromatic rings. The van der Waals surface area contributed by atoms with Gasteiger partial charge >= 0.3 is 0 Å². The molecule has 0 saturated carbocycles. The first-order valence-electron chi connectivity index (χ1n) is 12.8. The van der Waals surface area contributed by atoms with E-state index in [1.807, 2.05) is 13.8 Å². The van der Waals surface area contributed by atoms with Crippen molar-refractivity contribution in [3.8, 4) is 11.1 Å². The van der Waals surface area contributed by atoms with Gasteiger partial charge in [0.05, 0.1) is 27.7 Å². The summed E-state index contributed by atoms with van der Waals surface area (Å²) >= 11 is 0. The van der Waals surface area contributed by atoms with Crippen molar-refractivity contribution < 1.29 is 30.4 Å². The lowest BCUT2D eigenvalue weighted by Crippen LogP contribution is -2.53. The van der Waals surface area contributed by atoms with Crippen LogP contribution in [0.15, 0.2) is 46.2 Å². The third-order valence-corrected chi connectivity index (χ3v) is 10.1. The maximum Gasteiger partial charge on any atom is 0.243 e. The van der Waals surface area contributed by atoms with Crippen molar-refractivity contribution in [2.45, 2.75) is 54.4 Å². The van der Waals surface area contributed by atoms with Gasteiger partial charge in [0.1, 0.15) is 11.5 Å². The largest absolute Gasteiger partial charge is 0.373 e. The zero-order valence-electron chi connectivity index (χ0n) is 22.6.